The number of hydrogen-bond acceptors (Lipinski definition) is 2. The number of methoxy groups -OCH3 is 1. The molecule has 2 aromatic carbocycles. The summed E-state index contributed by atoms with van der Waals surface area (Å²) in [4.78, 5) is 12.0. The van der Waals surface area contributed by atoms with Crippen molar-refractivity contribution < 1.29 is 9.53 Å². The number of ether oxygens (including phenoxy) is 1. The molecule has 22 heavy (non-hydrogen) atoms. The van der Waals surface area contributed by atoms with Gasteiger partial charge in [0.1, 0.15) is 5.75 Å². The van der Waals surface area contributed by atoms with E-state index in [2.05, 4.69) is 16.7 Å². The van der Waals surface area contributed by atoms with E-state index in [-0.39, 0.29) is 6.03 Å². The van der Waals surface area contributed by atoms with Crippen LogP contribution in [0.3, 0.4) is 0 Å². The molecule has 3 rings (SSSR count). The van der Waals surface area contributed by atoms with Gasteiger partial charge in [-0.3, -0.25) is 0 Å². The monoisotopic (exact) mass is 294 g/mol. The van der Waals surface area contributed by atoms with Gasteiger partial charge in [-0.25, -0.2) is 4.79 Å². The maximum Gasteiger partial charge on any atom is 0.319 e. The van der Waals surface area contributed by atoms with Gasteiger partial charge in [-0.15, -0.1) is 0 Å². The number of fused-ring (bicyclic) bond motifs is 1. The van der Waals surface area contributed by atoms with Gasteiger partial charge in [0.2, 0.25) is 0 Å². The molecule has 0 fully saturated rings. The quantitative estimate of drug-likeness (QED) is 0.910. The smallest absolute Gasteiger partial charge is 0.319 e. The van der Waals surface area contributed by atoms with E-state index in [0.29, 0.717) is 6.54 Å². The molecule has 0 heterocycles. The summed E-state index contributed by atoms with van der Waals surface area (Å²) in [6.45, 7) is 0.477. The lowest BCUT2D eigenvalue weighted by molar-refractivity contribution is 0.244. The van der Waals surface area contributed by atoms with E-state index in [1.807, 2.05) is 48.5 Å². The van der Waals surface area contributed by atoms with E-state index >= 15 is 0 Å². The molecule has 0 aromatic heterocycles. The number of benzene rings is 2. The largest absolute Gasteiger partial charge is 0.497 e. The lowest BCUT2D eigenvalue weighted by atomic mass is 10.1. The summed E-state index contributed by atoms with van der Waals surface area (Å²) in [6.07, 6.45) is 2.90. The summed E-state index contributed by atoms with van der Waals surface area (Å²) in [7, 11) is 1.63. The van der Waals surface area contributed by atoms with E-state index in [4.69, 9.17) is 4.74 Å². The Morgan fingerprint density at radius 3 is 2.68 bits per heavy atom. The van der Waals surface area contributed by atoms with Gasteiger partial charge in [-0.1, -0.05) is 42.5 Å². The van der Waals surface area contributed by atoms with Crippen LogP contribution in [-0.4, -0.2) is 13.1 Å². The molecular formula is C18H18N2O2. The van der Waals surface area contributed by atoms with Crippen LogP contribution >= 0.6 is 0 Å². The van der Waals surface area contributed by atoms with Crippen LogP contribution in [0.1, 0.15) is 16.7 Å². The van der Waals surface area contributed by atoms with Crippen molar-refractivity contribution in [3.63, 3.8) is 0 Å². The van der Waals surface area contributed by atoms with Crippen LogP contribution in [0.2, 0.25) is 0 Å². The molecule has 112 valence electrons. The second kappa shape index (κ2) is 6.35. The zero-order valence-electron chi connectivity index (χ0n) is 12.4. The number of carbonyl (C=O) groups excluding carboxylic acids is 1. The molecule has 4 nitrogen and oxygen atoms in total. The molecule has 4 heteroatoms. The SMILES string of the molecule is COc1ccc(CNC(=O)NC2=CCc3ccccc32)cc1. The molecule has 0 unspecified atom stereocenters. The van der Waals surface area contributed by atoms with Crippen molar-refractivity contribution in [1.29, 1.82) is 0 Å². The Kier molecular flexibility index (Phi) is 4.10. The van der Waals surface area contributed by atoms with Crippen LogP contribution in [0.15, 0.2) is 54.6 Å². The predicted molar refractivity (Wildman–Crippen MR) is 86.5 cm³/mol. The van der Waals surface area contributed by atoms with Gasteiger partial charge in [0.25, 0.3) is 0 Å². The van der Waals surface area contributed by atoms with Crippen molar-refractivity contribution >= 4 is 11.7 Å². The van der Waals surface area contributed by atoms with Crippen LogP contribution < -0.4 is 15.4 Å². The third-order valence-electron chi connectivity index (χ3n) is 3.69. The first-order valence-corrected chi connectivity index (χ1v) is 7.22. The Hall–Kier alpha value is -2.75. The average molecular weight is 294 g/mol. The summed E-state index contributed by atoms with van der Waals surface area (Å²) in [5.41, 5.74) is 4.25. The zero-order chi connectivity index (χ0) is 15.4. The zero-order valence-corrected chi connectivity index (χ0v) is 12.4. The third-order valence-corrected chi connectivity index (χ3v) is 3.69. The van der Waals surface area contributed by atoms with E-state index in [1.54, 1.807) is 7.11 Å². The highest BCUT2D eigenvalue weighted by Crippen LogP contribution is 2.24. The number of amides is 2. The molecule has 1 aliphatic carbocycles. The third kappa shape index (κ3) is 3.11. The number of hydrogen-bond donors (Lipinski definition) is 2. The highest BCUT2D eigenvalue weighted by Gasteiger charge is 2.14. The fourth-order valence-electron chi connectivity index (χ4n) is 2.49. The Morgan fingerprint density at radius 2 is 1.91 bits per heavy atom. The van der Waals surface area contributed by atoms with Crippen LogP contribution in [0.5, 0.6) is 5.75 Å². The van der Waals surface area contributed by atoms with Crippen molar-refractivity contribution in [1.82, 2.24) is 10.6 Å². The Balaban J connectivity index is 1.55. The molecule has 0 saturated heterocycles. The number of rotatable bonds is 4. The molecule has 2 N–H and O–H groups in total. The van der Waals surface area contributed by atoms with Crippen LogP contribution in [0.4, 0.5) is 4.79 Å². The first-order chi connectivity index (χ1) is 10.8. The summed E-state index contributed by atoms with van der Waals surface area (Å²) < 4.78 is 5.11. The van der Waals surface area contributed by atoms with Crippen LogP contribution in [-0.2, 0) is 13.0 Å². The van der Waals surface area contributed by atoms with E-state index in [9.17, 15) is 4.79 Å². The van der Waals surface area contributed by atoms with Crippen LogP contribution in [0, 0.1) is 0 Å². The Morgan fingerprint density at radius 1 is 1.14 bits per heavy atom. The van der Waals surface area contributed by atoms with Gasteiger partial charge in [0, 0.05) is 17.8 Å². The molecular weight excluding hydrogens is 276 g/mol. The Labute approximate surface area is 129 Å². The number of allylic oxidation sites excluding steroid dienone is 1. The second-order valence-corrected chi connectivity index (χ2v) is 5.13. The van der Waals surface area contributed by atoms with E-state index < -0.39 is 0 Å². The molecule has 0 atom stereocenters. The number of carbonyl (C=O) groups is 1. The summed E-state index contributed by atoms with van der Waals surface area (Å²) in [6, 6.07) is 15.5. The van der Waals surface area contributed by atoms with Crippen molar-refractivity contribution in [2.75, 3.05) is 7.11 Å². The van der Waals surface area contributed by atoms with Gasteiger partial charge in [0.15, 0.2) is 0 Å². The molecule has 0 aliphatic heterocycles. The first kappa shape index (κ1) is 14.2. The molecule has 2 amide bonds. The maximum atomic E-state index is 12.0. The van der Waals surface area contributed by atoms with Gasteiger partial charge in [0.05, 0.1) is 7.11 Å². The minimum absolute atomic E-state index is 0.196. The molecule has 0 bridgehead atoms. The lowest BCUT2D eigenvalue weighted by Gasteiger charge is -2.10. The molecule has 0 spiro atoms. The number of urea groups is 1. The summed E-state index contributed by atoms with van der Waals surface area (Å²) in [5, 5.41) is 5.78. The topological polar surface area (TPSA) is 50.4 Å². The van der Waals surface area contributed by atoms with Gasteiger partial charge in [-0.2, -0.15) is 0 Å². The minimum atomic E-state index is -0.196. The molecule has 0 radical (unpaired) electrons. The molecule has 0 saturated carbocycles. The standard InChI is InChI=1S/C18H18N2O2/c1-22-15-9-6-13(7-10-15)12-19-18(21)20-17-11-8-14-4-2-3-5-16(14)17/h2-7,9-11H,8,12H2,1H3,(H2,19,20,21). The lowest BCUT2D eigenvalue weighted by Crippen LogP contribution is -2.33. The summed E-state index contributed by atoms with van der Waals surface area (Å²) in [5.74, 6) is 0.806. The highest BCUT2D eigenvalue weighted by molar-refractivity contribution is 5.87. The Bertz CT molecular complexity index is 705. The number of nitrogens with one attached hydrogen (secondary N) is 2. The van der Waals surface area contributed by atoms with E-state index in [1.165, 1.54) is 5.56 Å². The van der Waals surface area contributed by atoms with Crippen molar-refractivity contribution in [2.45, 2.75) is 13.0 Å². The van der Waals surface area contributed by atoms with Crippen LogP contribution in [0.25, 0.3) is 5.70 Å². The molecule has 1 aliphatic rings. The second-order valence-electron chi connectivity index (χ2n) is 5.13. The van der Waals surface area contributed by atoms with Gasteiger partial charge < -0.3 is 15.4 Å². The van der Waals surface area contributed by atoms with Crippen molar-refractivity contribution in [3.05, 3.63) is 71.3 Å². The first-order valence-electron chi connectivity index (χ1n) is 7.22. The fraction of sp³-hybridized carbons (Fsp3) is 0.167. The normalized spacial score (nSPS) is 12.3. The highest BCUT2D eigenvalue weighted by atomic mass is 16.5. The van der Waals surface area contributed by atoms with E-state index in [0.717, 1.165) is 29.0 Å². The van der Waals surface area contributed by atoms with Gasteiger partial charge in [-0.05, 0) is 29.7 Å². The molecule has 2 aromatic rings. The average Bonchev–Trinajstić information content (AvgIpc) is 2.97. The predicted octanol–water partition coefficient (Wildman–Crippen LogP) is 3.09. The fourth-order valence-corrected chi connectivity index (χ4v) is 2.49. The maximum absolute atomic E-state index is 12.0. The van der Waals surface area contributed by atoms with Crippen molar-refractivity contribution in [2.24, 2.45) is 0 Å². The minimum Gasteiger partial charge on any atom is -0.497 e. The van der Waals surface area contributed by atoms with Gasteiger partial charge >= 0.3 is 6.03 Å². The summed E-state index contributed by atoms with van der Waals surface area (Å²) >= 11 is 0. The van der Waals surface area contributed by atoms with Crippen molar-refractivity contribution in [3.8, 4) is 5.75 Å².